The molecular weight excluding hydrogens is 294 g/mol. The molecule has 1 aromatic rings. The smallest absolute Gasteiger partial charge is 0.314 e. The minimum Gasteiger partial charge on any atom is -0.497 e. The van der Waals surface area contributed by atoms with Crippen LogP contribution in [0.4, 0.5) is 4.79 Å². The average Bonchev–Trinajstić information content (AvgIpc) is 2.97. The number of amides is 3. The van der Waals surface area contributed by atoms with E-state index in [-0.39, 0.29) is 11.9 Å². The Morgan fingerprint density at radius 2 is 1.96 bits per heavy atom. The normalized spacial score (nSPS) is 14.0. The van der Waals surface area contributed by atoms with Crippen LogP contribution in [0.5, 0.6) is 5.75 Å². The number of benzene rings is 1. The van der Waals surface area contributed by atoms with E-state index in [9.17, 15) is 9.59 Å². The number of hydrogen-bond donors (Lipinski definition) is 2. The van der Waals surface area contributed by atoms with Crippen LogP contribution in [0.3, 0.4) is 0 Å². The van der Waals surface area contributed by atoms with Crippen molar-refractivity contribution in [2.24, 2.45) is 0 Å². The Bertz CT molecular complexity index is 516. The lowest BCUT2D eigenvalue weighted by molar-refractivity contribution is -0.127. The molecule has 2 rings (SSSR count). The zero-order valence-corrected chi connectivity index (χ0v) is 13.6. The van der Waals surface area contributed by atoms with E-state index < -0.39 is 0 Å². The van der Waals surface area contributed by atoms with Crippen molar-refractivity contribution in [3.8, 4) is 5.75 Å². The molecule has 0 atom stereocenters. The fourth-order valence-electron chi connectivity index (χ4n) is 2.59. The maximum absolute atomic E-state index is 11.7. The first kappa shape index (κ1) is 17.1. The number of urea groups is 1. The summed E-state index contributed by atoms with van der Waals surface area (Å²) in [5.74, 6) is 1.06. The molecule has 0 aliphatic carbocycles. The fraction of sp³-hybridized carbons (Fsp3) is 0.529. The molecule has 1 heterocycles. The molecule has 3 amide bonds. The molecule has 0 unspecified atom stereocenters. The number of carbonyl (C=O) groups is 2. The summed E-state index contributed by atoms with van der Waals surface area (Å²) < 4.78 is 5.11. The molecule has 6 nitrogen and oxygen atoms in total. The van der Waals surface area contributed by atoms with Gasteiger partial charge < -0.3 is 20.3 Å². The van der Waals surface area contributed by atoms with Crippen molar-refractivity contribution in [1.82, 2.24) is 15.5 Å². The maximum atomic E-state index is 11.7. The van der Waals surface area contributed by atoms with Gasteiger partial charge in [-0.05, 0) is 37.0 Å². The Morgan fingerprint density at radius 3 is 2.61 bits per heavy atom. The number of hydrogen-bond acceptors (Lipinski definition) is 3. The molecule has 1 fully saturated rings. The van der Waals surface area contributed by atoms with Gasteiger partial charge in [0.25, 0.3) is 0 Å². The molecule has 6 heteroatoms. The minimum atomic E-state index is -0.161. The Hall–Kier alpha value is -2.24. The van der Waals surface area contributed by atoms with E-state index in [4.69, 9.17) is 4.74 Å². The summed E-state index contributed by atoms with van der Waals surface area (Å²) in [6.45, 7) is 2.75. The second kappa shape index (κ2) is 9.02. The van der Waals surface area contributed by atoms with E-state index >= 15 is 0 Å². The van der Waals surface area contributed by atoms with Crippen molar-refractivity contribution < 1.29 is 14.3 Å². The minimum absolute atomic E-state index is 0.161. The number of carbonyl (C=O) groups excluding carboxylic acids is 2. The van der Waals surface area contributed by atoms with Gasteiger partial charge in [0.1, 0.15) is 5.75 Å². The van der Waals surface area contributed by atoms with Gasteiger partial charge in [0.2, 0.25) is 5.91 Å². The van der Waals surface area contributed by atoms with Gasteiger partial charge in [-0.3, -0.25) is 4.79 Å². The topological polar surface area (TPSA) is 70.7 Å². The number of nitrogens with zero attached hydrogens (tertiary/aromatic N) is 1. The number of rotatable bonds is 8. The van der Waals surface area contributed by atoms with Gasteiger partial charge >= 0.3 is 6.03 Å². The van der Waals surface area contributed by atoms with Gasteiger partial charge in [0.15, 0.2) is 0 Å². The van der Waals surface area contributed by atoms with Crippen molar-refractivity contribution in [2.45, 2.75) is 25.7 Å². The zero-order chi connectivity index (χ0) is 16.5. The molecule has 1 aliphatic heterocycles. The lowest BCUT2D eigenvalue weighted by atomic mass is 10.1. The first-order chi connectivity index (χ1) is 11.2. The van der Waals surface area contributed by atoms with E-state index in [0.29, 0.717) is 19.5 Å². The Labute approximate surface area is 137 Å². The third kappa shape index (κ3) is 5.81. The standard InChI is InChI=1S/C17H25N3O3/c1-23-15-7-5-14(6-8-15)9-11-19-17(22)18-10-3-13-20-12-2-4-16(20)21/h5-8H,2-4,9-13H2,1H3,(H2,18,19,22). The lowest BCUT2D eigenvalue weighted by Crippen LogP contribution is -2.38. The highest BCUT2D eigenvalue weighted by molar-refractivity contribution is 5.78. The van der Waals surface area contributed by atoms with E-state index in [1.165, 1.54) is 0 Å². The highest BCUT2D eigenvalue weighted by Gasteiger charge is 2.18. The number of nitrogens with one attached hydrogen (secondary N) is 2. The molecule has 0 bridgehead atoms. The molecular formula is C17H25N3O3. The molecule has 2 N–H and O–H groups in total. The van der Waals surface area contributed by atoms with Crippen molar-refractivity contribution in [3.63, 3.8) is 0 Å². The molecule has 0 aromatic heterocycles. The number of ether oxygens (including phenoxy) is 1. The van der Waals surface area contributed by atoms with Crippen molar-refractivity contribution in [3.05, 3.63) is 29.8 Å². The fourth-order valence-corrected chi connectivity index (χ4v) is 2.59. The van der Waals surface area contributed by atoms with Gasteiger partial charge in [-0.25, -0.2) is 4.79 Å². The van der Waals surface area contributed by atoms with E-state index in [1.54, 1.807) is 7.11 Å². The van der Waals surface area contributed by atoms with Crippen LogP contribution < -0.4 is 15.4 Å². The molecule has 0 radical (unpaired) electrons. The maximum Gasteiger partial charge on any atom is 0.314 e. The molecule has 1 saturated heterocycles. The first-order valence-electron chi connectivity index (χ1n) is 8.11. The van der Waals surface area contributed by atoms with Crippen LogP contribution in [0.15, 0.2) is 24.3 Å². The van der Waals surface area contributed by atoms with Crippen molar-refractivity contribution in [2.75, 3.05) is 33.3 Å². The van der Waals surface area contributed by atoms with Crippen molar-refractivity contribution >= 4 is 11.9 Å². The van der Waals surface area contributed by atoms with Gasteiger partial charge in [-0.2, -0.15) is 0 Å². The van der Waals surface area contributed by atoms with Crippen LogP contribution in [-0.4, -0.2) is 50.1 Å². The largest absolute Gasteiger partial charge is 0.497 e. The summed E-state index contributed by atoms with van der Waals surface area (Å²) in [5, 5.41) is 5.65. The SMILES string of the molecule is COc1ccc(CCNC(=O)NCCCN2CCCC2=O)cc1. The summed E-state index contributed by atoms with van der Waals surface area (Å²) in [6.07, 6.45) is 3.19. The Morgan fingerprint density at radius 1 is 1.22 bits per heavy atom. The molecule has 23 heavy (non-hydrogen) atoms. The van der Waals surface area contributed by atoms with Gasteiger partial charge in [0, 0.05) is 32.6 Å². The molecule has 1 aliphatic rings. The predicted octanol–water partition coefficient (Wildman–Crippen LogP) is 1.55. The summed E-state index contributed by atoms with van der Waals surface area (Å²) in [7, 11) is 1.64. The van der Waals surface area contributed by atoms with Gasteiger partial charge in [-0.15, -0.1) is 0 Å². The quantitative estimate of drug-likeness (QED) is 0.714. The molecule has 0 saturated carbocycles. The summed E-state index contributed by atoms with van der Waals surface area (Å²) in [6, 6.07) is 7.65. The predicted molar refractivity (Wildman–Crippen MR) is 88.5 cm³/mol. The first-order valence-corrected chi connectivity index (χ1v) is 8.11. The number of likely N-dealkylation sites (tertiary alicyclic amines) is 1. The average molecular weight is 319 g/mol. The summed E-state index contributed by atoms with van der Waals surface area (Å²) in [4.78, 5) is 25.0. The molecule has 0 spiro atoms. The molecule has 126 valence electrons. The monoisotopic (exact) mass is 319 g/mol. The summed E-state index contributed by atoms with van der Waals surface area (Å²) >= 11 is 0. The van der Waals surface area contributed by atoms with Crippen molar-refractivity contribution in [1.29, 1.82) is 0 Å². The van der Waals surface area contributed by atoms with Crippen LogP contribution in [0.1, 0.15) is 24.8 Å². The van der Waals surface area contributed by atoms with E-state index in [0.717, 1.165) is 43.7 Å². The second-order valence-corrected chi connectivity index (χ2v) is 5.62. The number of methoxy groups -OCH3 is 1. The third-order valence-electron chi connectivity index (χ3n) is 3.92. The zero-order valence-electron chi connectivity index (χ0n) is 13.6. The van der Waals surface area contributed by atoms with Crippen LogP contribution >= 0.6 is 0 Å². The van der Waals surface area contributed by atoms with E-state index in [2.05, 4.69) is 10.6 Å². The van der Waals surface area contributed by atoms with Gasteiger partial charge in [0.05, 0.1) is 7.11 Å². The third-order valence-corrected chi connectivity index (χ3v) is 3.92. The lowest BCUT2D eigenvalue weighted by Gasteiger charge is -2.15. The van der Waals surface area contributed by atoms with Gasteiger partial charge in [-0.1, -0.05) is 12.1 Å². The summed E-state index contributed by atoms with van der Waals surface area (Å²) in [5.41, 5.74) is 1.15. The highest BCUT2D eigenvalue weighted by atomic mass is 16.5. The Kier molecular flexibility index (Phi) is 6.72. The van der Waals surface area contributed by atoms with Crippen LogP contribution in [0, 0.1) is 0 Å². The molecule has 1 aromatic carbocycles. The van der Waals surface area contributed by atoms with Crippen LogP contribution in [0.2, 0.25) is 0 Å². The second-order valence-electron chi connectivity index (χ2n) is 5.62. The van der Waals surface area contributed by atoms with Crippen LogP contribution in [0.25, 0.3) is 0 Å². The van der Waals surface area contributed by atoms with E-state index in [1.807, 2.05) is 29.2 Å². The van der Waals surface area contributed by atoms with Crippen LogP contribution in [-0.2, 0) is 11.2 Å². The Balaban J connectivity index is 1.53. The highest BCUT2D eigenvalue weighted by Crippen LogP contribution is 2.11.